The van der Waals surface area contributed by atoms with E-state index in [2.05, 4.69) is 10.4 Å². The Morgan fingerprint density at radius 1 is 1.37 bits per heavy atom. The van der Waals surface area contributed by atoms with Crippen LogP contribution in [0.4, 0.5) is 0 Å². The topological polar surface area (TPSA) is 97.4 Å². The van der Waals surface area contributed by atoms with Gasteiger partial charge in [0.1, 0.15) is 17.2 Å². The number of sulfonamides is 1. The van der Waals surface area contributed by atoms with Crippen LogP contribution in [-0.2, 0) is 27.9 Å². The van der Waals surface area contributed by atoms with E-state index < -0.39 is 10.0 Å². The Morgan fingerprint density at radius 2 is 2.07 bits per heavy atom. The summed E-state index contributed by atoms with van der Waals surface area (Å²) in [6.07, 6.45) is 5.78. The normalized spacial score (nSPS) is 15.6. The van der Waals surface area contributed by atoms with Crippen LogP contribution >= 0.6 is 0 Å². The Labute approximate surface area is 159 Å². The molecule has 1 saturated carbocycles. The summed E-state index contributed by atoms with van der Waals surface area (Å²) in [7, 11) is -2.25. The van der Waals surface area contributed by atoms with Crippen molar-refractivity contribution in [2.45, 2.75) is 63.6 Å². The van der Waals surface area contributed by atoms with Gasteiger partial charge >= 0.3 is 0 Å². The molecule has 1 N–H and O–H groups in total. The molecule has 1 aliphatic carbocycles. The van der Waals surface area contributed by atoms with Crippen LogP contribution in [0.25, 0.3) is 0 Å². The Hall–Kier alpha value is -2.13. The van der Waals surface area contributed by atoms with Crippen molar-refractivity contribution in [3.8, 4) is 0 Å². The number of aryl methyl sites for hydroxylation is 1. The number of hydrogen-bond donors (Lipinski definition) is 1. The molecule has 0 aromatic carbocycles. The zero-order chi connectivity index (χ0) is 19.6. The highest BCUT2D eigenvalue weighted by Gasteiger charge is 2.30. The molecule has 0 spiro atoms. The van der Waals surface area contributed by atoms with Gasteiger partial charge in [-0.25, -0.2) is 8.42 Å². The molecule has 2 aromatic heterocycles. The lowest BCUT2D eigenvalue weighted by molar-refractivity contribution is -0.122. The smallest absolute Gasteiger partial charge is 0.246 e. The molecule has 2 aromatic rings. The quantitative estimate of drug-likeness (QED) is 0.774. The van der Waals surface area contributed by atoms with Gasteiger partial charge in [0, 0.05) is 13.1 Å². The monoisotopic (exact) mass is 394 g/mol. The van der Waals surface area contributed by atoms with Gasteiger partial charge in [-0.3, -0.25) is 9.48 Å². The van der Waals surface area contributed by atoms with Gasteiger partial charge < -0.3 is 9.73 Å². The molecule has 9 heteroatoms. The Kier molecular flexibility index (Phi) is 5.71. The fourth-order valence-electron chi connectivity index (χ4n) is 3.55. The van der Waals surface area contributed by atoms with E-state index in [1.807, 2.05) is 0 Å². The number of carbonyl (C=O) groups is 1. The fraction of sp³-hybridized carbons (Fsp3) is 0.556. The lowest BCUT2D eigenvalue weighted by Crippen LogP contribution is -2.35. The second kappa shape index (κ2) is 7.85. The number of hydrogen-bond acceptors (Lipinski definition) is 5. The number of nitrogens with zero attached hydrogens (tertiary/aromatic N) is 3. The maximum Gasteiger partial charge on any atom is 0.246 e. The van der Waals surface area contributed by atoms with Crippen LogP contribution in [0.15, 0.2) is 27.7 Å². The maximum atomic E-state index is 13.0. The number of furan rings is 1. The first kappa shape index (κ1) is 19.6. The van der Waals surface area contributed by atoms with Crippen molar-refractivity contribution in [1.29, 1.82) is 0 Å². The number of carbonyl (C=O) groups excluding carboxylic acids is 1. The average molecular weight is 394 g/mol. The summed E-state index contributed by atoms with van der Waals surface area (Å²) >= 11 is 0. The van der Waals surface area contributed by atoms with Crippen molar-refractivity contribution in [2.24, 2.45) is 0 Å². The molecular formula is C18H26N4O4S. The SMILES string of the molecule is Cc1nn(CC(=O)NC2CCCC2)c(C)c1S(=O)(=O)N(C)Cc1ccco1. The van der Waals surface area contributed by atoms with Crippen molar-refractivity contribution >= 4 is 15.9 Å². The van der Waals surface area contributed by atoms with Crippen LogP contribution in [0.5, 0.6) is 0 Å². The van der Waals surface area contributed by atoms with Crippen LogP contribution in [0, 0.1) is 13.8 Å². The molecule has 1 amide bonds. The van der Waals surface area contributed by atoms with Crippen LogP contribution < -0.4 is 5.32 Å². The third-order valence-electron chi connectivity index (χ3n) is 4.96. The van der Waals surface area contributed by atoms with Crippen molar-refractivity contribution in [1.82, 2.24) is 19.4 Å². The van der Waals surface area contributed by atoms with E-state index in [-0.39, 0.29) is 29.9 Å². The summed E-state index contributed by atoms with van der Waals surface area (Å²) in [4.78, 5) is 12.4. The maximum absolute atomic E-state index is 13.0. The van der Waals surface area contributed by atoms with E-state index in [9.17, 15) is 13.2 Å². The van der Waals surface area contributed by atoms with E-state index in [1.165, 1.54) is 22.3 Å². The van der Waals surface area contributed by atoms with Gasteiger partial charge in [-0.05, 0) is 38.8 Å². The standard InChI is InChI=1S/C18H26N4O4S/c1-13-18(27(24,25)21(3)11-16-9-6-10-26-16)14(2)22(20-13)12-17(23)19-15-7-4-5-8-15/h6,9-10,15H,4-5,7-8,11-12H2,1-3H3,(H,19,23). The van der Waals surface area contributed by atoms with Crippen LogP contribution in [0.2, 0.25) is 0 Å². The molecule has 0 aliphatic heterocycles. The predicted octanol–water partition coefficient (Wildman–Crippen LogP) is 1.97. The van der Waals surface area contributed by atoms with Gasteiger partial charge in [0.05, 0.1) is 24.2 Å². The molecule has 1 fully saturated rings. The largest absolute Gasteiger partial charge is 0.468 e. The van der Waals surface area contributed by atoms with Gasteiger partial charge in [-0.1, -0.05) is 12.8 Å². The minimum Gasteiger partial charge on any atom is -0.468 e. The van der Waals surface area contributed by atoms with Crippen LogP contribution in [0.1, 0.15) is 42.8 Å². The molecule has 27 heavy (non-hydrogen) atoms. The number of aromatic nitrogens is 2. The van der Waals surface area contributed by atoms with Crippen LogP contribution in [0.3, 0.4) is 0 Å². The summed E-state index contributed by atoms with van der Waals surface area (Å²) in [5, 5.41) is 7.30. The second-order valence-corrected chi connectivity index (χ2v) is 9.03. The zero-order valence-corrected chi connectivity index (χ0v) is 16.8. The summed E-state index contributed by atoms with van der Waals surface area (Å²) < 4.78 is 33.9. The zero-order valence-electron chi connectivity index (χ0n) is 15.9. The van der Waals surface area contributed by atoms with E-state index in [0.717, 1.165) is 25.7 Å². The van der Waals surface area contributed by atoms with Crippen molar-refractivity contribution in [3.05, 3.63) is 35.5 Å². The first-order chi connectivity index (χ1) is 12.8. The van der Waals surface area contributed by atoms with Crippen molar-refractivity contribution in [3.63, 3.8) is 0 Å². The Morgan fingerprint density at radius 3 is 2.70 bits per heavy atom. The molecule has 0 bridgehead atoms. The highest BCUT2D eigenvalue weighted by molar-refractivity contribution is 7.89. The first-order valence-corrected chi connectivity index (χ1v) is 10.5. The average Bonchev–Trinajstić information content (AvgIpc) is 3.31. The summed E-state index contributed by atoms with van der Waals surface area (Å²) in [6.45, 7) is 3.46. The molecule has 0 saturated heterocycles. The highest BCUT2D eigenvalue weighted by atomic mass is 32.2. The van der Waals surface area contributed by atoms with Crippen molar-refractivity contribution < 1.29 is 17.6 Å². The summed E-state index contributed by atoms with van der Waals surface area (Å²) in [5.41, 5.74) is 0.841. The summed E-state index contributed by atoms with van der Waals surface area (Å²) in [6, 6.07) is 3.66. The van der Waals surface area contributed by atoms with Gasteiger partial charge in [-0.2, -0.15) is 9.40 Å². The number of amides is 1. The lowest BCUT2D eigenvalue weighted by Gasteiger charge is -2.16. The Balaban J connectivity index is 1.76. The van der Waals surface area contributed by atoms with E-state index in [4.69, 9.17) is 4.42 Å². The molecule has 2 heterocycles. The van der Waals surface area contributed by atoms with Crippen molar-refractivity contribution in [2.75, 3.05) is 7.05 Å². The fourth-order valence-corrected chi connectivity index (χ4v) is 5.05. The number of rotatable bonds is 7. The Bertz CT molecular complexity index is 896. The van der Waals surface area contributed by atoms with Gasteiger partial charge in [0.25, 0.3) is 0 Å². The second-order valence-electron chi connectivity index (χ2n) is 7.05. The van der Waals surface area contributed by atoms with E-state index >= 15 is 0 Å². The summed E-state index contributed by atoms with van der Waals surface area (Å²) in [5.74, 6) is 0.417. The van der Waals surface area contributed by atoms with E-state index in [1.54, 1.807) is 26.0 Å². The van der Waals surface area contributed by atoms with Gasteiger partial charge in [-0.15, -0.1) is 0 Å². The third kappa shape index (κ3) is 4.24. The molecule has 1 aliphatic rings. The minimum atomic E-state index is -3.76. The molecular weight excluding hydrogens is 368 g/mol. The third-order valence-corrected chi connectivity index (χ3v) is 7.01. The molecule has 0 atom stereocenters. The molecule has 0 radical (unpaired) electrons. The molecule has 8 nitrogen and oxygen atoms in total. The van der Waals surface area contributed by atoms with E-state index in [0.29, 0.717) is 17.1 Å². The molecule has 3 rings (SSSR count). The lowest BCUT2D eigenvalue weighted by atomic mass is 10.2. The van der Waals surface area contributed by atoms with Gasteiger partial charge in [0.15, 0.2) is 0 Å². The first-order valence-electron chi connectivity index (χ1n) is 9.11. The highest BCUT2D eigenvalue weighted by Crippen LogP contribution is 2.24. The predicted molar refractivity (Wildman–Crippen MR) is 99.5 cm³/mol. The minimum absolute atomic E-state index is 0.0145. The van der Waals surface area contributed by atoms with Crippen LogP contribution in [-0.4, -0.2) is 41.5 Å². The molecule has 0 unspecified atom stereocenters. The van der Waals surface area contributed by atoms with Gasteiger partial charge in [0.2, 0.25) is 15.9 Å². The molecule has 148 valence electrons. The number of nitrogens with one attached hydrogen (secondary N) is 1.